The number of fused-ring (bicyclic) bond motifs is 1. The fraction of sp³-hybridized carbons (Fsp3) is 0.842. The summed E-state index contributed by atoms with van der Waals surface area (Å²) in [5, 5.41) is 4.04. The van der Waals surface area contributed by atoms with Gasteiger partial charge in [0.25, 0.3) is 0 Å². The summed E-state index contributed by atoms with van der Waals surface area (Å²) in [5.74, 6) is 2.38. The Morgan fingerprint density at radius 1 is 1.27 bits per heavy atom. The smallest absolute Gasteiger partial charge is 0.236 e. The van der Waals surface area contributed by atoms with Crippen LogP contribution in [0.5, 0.6) is 0 Å². The molecule has 4 heterocycles. The Hall–Kier alpha value is -1.47. The SMILES string of the molecule is Cc1noc([C@]23CN(C(=O)CC(C)C)C[C@H]2CN(C2CCOCC2)C3)n1. The zero-order valence-electron chi connectivity index (χ0n) is 16.1. The molecule has 1 amide bonds. The number of carbonyl (C=O) groups is 1. The van der Waals surface area contributed by atoms with Gasteiger partial charge in [-0.25, -0.2) is 0 Å². The zero-order valence-corrected chi connectivity index (χ0v) is 16.1. The van der Waals surface area contributed by atoms with Crippen molar-refractivity contribution in [2.75, 3.05) is 39.4 Å². The first-order chi connectivity index (χ1) is 12.5. The highest BCUT2D eigenvalue weighted by molar-refractivity contribution is 5.77. The first-order valence-corrected chi connectivity index (χ1v) is 9.88. The van der Waals surface area contributed by atoms with E-state index in [0.29, 0.717) is 36.7 Å². The molecule has 7 nitrogen and oxygen atoms in total. The van der Waals surface area contributed by atoms with Gasteiger partial charge in [-0.05, 0) is 25.7 Å². The molecule has 3 saturated heterocycles. The molecule has 0 saturated carbocycles. The third-order valence-electron chi connectivity index (χ3n) is 6.23. The summed E-state index contributed by atoms with van der Waals surface area (Å²) in [6, 6.07) is 0.565. The van der Waals surface area contributed by atoms with E-state index in [2.05, 4.69) is 28.9 Å². The van der Waals surface area contributed by atoms with Gasteiger partial charge in [0, 0.05) is 57.8 Å². The fourth-order valence-electron chi connectivity index (χ4n) is 4.90. The predicted octanol–water partition coefficient (Wildman–Crippen LogP) is 1.61. The van der Waals surface area contributed by atoms with Gasteiger partial charge in [-0.2, -0.15) is 4.98 Å². The van der Waals surface area contributed by atoms with Crippen LogP contribution < -0.4 is 0 Å². The van der Waals surface area contributed by atoms with Crippen LogP contribution in [0.1, 0.15) is 44.8 Å². The summed E-state index contributed by atoms with van der Waals surface area (Å²) in [6.07, 6.45) is 2.78. The number of amides is 1. The maximum Gasteiger partial charge on any atom is 0.236 e. The summed E-state index contributed by atoms with van der Waals surface area (Å²) in [7, 11) is 0. The van der Waals surface area contributed by atoms with Gasteiger partial charge in [0.15, 0.2) is 5.82 Å². The molecule has 0 bridgehead atoms. The Balaban J connectivity index is 1.57. The molecule has 3 aliphatic heterocycles. The van der Waals surface area contributed by atoms with Crippen LogP contribution in [-0.4, -0.2) is 71.3 Å². The van der Waals surface area contributed by atoms with E-state index in [9.17, 15) is 4.79 Å². The first-order valence-electron chi connectivity index (χ1n) is 9.88. The molecule has 0 aromatic carbocycles. The molecule has 0 N–H and O–H groups in total. The highest BCUT2D eigenvalue weighted by Gasteiger charge is 2.58. The predicted molar refractivity (Wildman–Crippen MR) is 95.7 cm³/mol. The van der Waals surface area contributed by atoms with Gasteiger partial charge in [0.05, 0.1) is 5.41 Å². The third-order valence-corrected chi connectivity index (χ3v) is 6.23. The zero-order chi connectivity index (χ0) is 18.3. The summed E-state index contributed by atoms with van der Waals surface area (Å²) in [4.78, 5) is 21.9. The van der Waals surface area contributed by atoms with Gasteiger partial charge < -0.3 is 14.2 Å². The number of aryl methyl sites for hydroxylation is 1. The third kappa shape index (κ3) is 3.16. The summed E-state index contributed by atoms with van der Waals surface area (Å²) < 4.78 is 11.2. The molecule has 1 aromatic rings. The Bertz CT molecular complexity index is 655. The van der Waals surface area contributed by atoms with Crippen molar-refractivity contribution in [2.24, 2.45) is 11.8 Å². The quantitative estimate of drug-likeness (QED) is 0.810. The Morgan fingerprint density at radius 3 is 2.69 bits per heavy atom. The molecule has 3 fully saturated rings. The number of hydrogen-bond donors (Lipinski definition) is 0. The van der Waals surface area contributed by atoms with Gasteiger partial charge in [-0.15, -0.1) is 0 Å². The lowest BCUT2D eigenvalue weighted by atomic mass is 9.81. The number of aromatic nitrogens is 2. The summed E-state index contributed by atoms with van der Waals surface area (Å²) in [6.45, 7) is 11.1. The van der Waals surface area contributed by atoms with Crippen molar-refractivity contribution in [1.82, 2.24) is 19.9 Å². The summed E-state index contributed by atoms with van der Waals surface area (Å²) >= 11 is 0. The van der Waals surface area contributed by atoms with Crippen LogP contribution in [0.25, 0.3) is 0 Å². The van der Waals surface area contributed by atoms with Crippen molar-refractivity contribution >= 4 is 5.91 Å². The average molecular weight is 362 g/mol. The second-order valence-electron chi connectivity index (χ2n) is 8.65. The number of likely N-dealkylation sites (tertiary alicyclic amines) is 2. The van der Waals surface area contributed by atoms with Crippen molar-refractivity contribution in [3.05, 3.63) is 11.7 Å². The van der Waals surface area contributed by atoms with Gasteiger partial charge in [-0.3, -0.25) is 9.69 Å². The van der Waals surface area contributed by atoms with Crippen LogP contribution in [0.15, 0.2) is 4.52 Å². The normalized spacial score (nSPS) is 30.3. The van der Waals surface area contributed by atoms with Crippen LogP contribution in [0, 0.1) is 18.8 Å². The standard InChI is InChI=1S/C19H30N4O3/c1-13(2)8-17(24)23-10-15-9-22(16-4-6-25-7-5-16)11-19(15,12-23)18-20-14(3)21-26-18/h13,15-16H,4-12H2,1-3H3/t15-,19-/m1/s1. The molecule has 4 rings (SSSR count). The molecule has 3 aliphatic rings. The number of rotatable bonds is 4. The lowest BCUT2D eigenvalue weighted by molar-refractivity contribution is -0.131. The maximum atomic E-state index is 12.7. The molecule has 0 spiro atoms. The fourth-order valence-corrected chi connectivity index (χ4v) is 4.90. The van der Waals surface area contributed by atoms with Crippen molar-refractivity contribution < 1.29 is 14.1 Å². The van der Waals surface area contributed by atoms with Crippen molar-refractivity contribution in [3.8, 4) is 0 Å². The molecular weight excluding hydrogens is 332 g/mol. The van der Waals surface area contributed by atoms with Crippen molar-refractivity contribution in [2.45, 2.75) is 51.5 Å². The molecular formula is C19H30N4O3. The van der Waals surface area contributed by atoms with E-state index in [4.69, 9.17) is 9.26 Å². The molecule has 1 aromatic heterocycles. The van der Waals surface area contributed by atoms with E-state index in [-0.39, 0.29) is 11.3 Å². The second kappa shape index (κ2) is 6.93. The minimum atomic E-state index is -0.216. The molecule has 144 valence electrons. The Kier molecular flexibility index (Phi) is 4.77. The van der Waals surface area contributed by atoms with Gasteiger partial charge in [0.1, 0.15) is 0 Å². The Morgan fingerprint density at radius 2 is 2.04 bits per heavy atom. The van der Waals surface area contributed by atoms with E-state index in [0.717, 1.165) is 51.6 Å². The molecule has 2 atom stereocenters. The number of nitrogens with zero attached hydrogens (tertiary/aromatic N) is 4. The van der Waals surface area contributed by atoms with Gasteiger partial charge >= 0.3 is 0 Å². The maximum absolute atomic E-state index is 12.7. The second-order valence-corrected chi connectivity index (χ2v) is 8.65. The first kappa shape index (κ1) is 17.9. The lowest BCUT2D eigenvalue weighted by Gasteiger charge is -2.33. The number of hydrogen-bond acceptors (Lipinski definition) is 6. The monoisotopic (exact) mass is 362 g/mol. The molecule has 0 aliphatic carbocycles. The molecule has 26 heavy (non-hydrogen) atoms. The van der Waals surface area contributed by atoms with E-state index in [1.165, 1.54) is 0 Å². The highest BCUT2D eigenvalue weighted by atomic mass is 16.5. The van der Waals surface area contributed by atoms with E-state index >= 15 is 0 Å². The van der Waals surface area contributed by atoms with Crippen LogP contribution in [0.3, 0.4) is 0 Å². The molecule has 7 heteroatoms. The lowest BCUT2D eigenvalue weighted by Crippen LogP contribution is -2.44. The molecule has 0 unspecified atom stereocenters. The number of carbonyl (C=O) groups excluding carboxylic acids is 1. The summed E-state index contributed by atoms with van der Waals surface area (Å²) in [5.41, 5.74) is -0.216. The van der Waals surface area contributed by atoms with Crippen LogP contribution in [-0.2, 0) is 14.9 Å². The minimum absolute atomic E-state index is 0.216. The van der Waals surface area contributed by atoms with E-state index in [1.807, 2.05) is 11.8 Å². The largest absolute Gasteiger partial charge is 0.381 e. The molecule has 0 radical (unpaired) electrons. The Labute approximate surface area is 155 Å². The average Bonchev–Trinajstić information content (AvgIpc) is 3.27. The van der Waals surface area contributed by atoms with Gasteiger partial charge in [0.2, 0.25) is 11.8 Å². The van der Waals surface area contributed by atoms with Gasteiger partial charge in [-0.1, -0.05) is 19.0 Å². The number of ether oxygens (including phenoxy) is 1. The van der Waals surface area contributed by atoms with Crippen LogP contribution in [0.2, 0.25) is 0 Å². The topological polar surface area (TPSA) is 71.7 Å². The van der Waals surface area contributed by atoms with Crippen LogP contribution >= 0.6 is 0 Å². The van der Waals surface area contributed by atoms with E-state index in [1.54, 1.807) is 0 Å². The van der Waals surface area contributed by atoms with Crippen LogP contribution in [0.4, 0.5) is 0 Å². The van der Waals surface area contributed by atoms with E-state index < -0.39 is 0 Å². The van der Waals surface area contributed by atoms with Crippen molar-refractivity contribution in [3.63, 3.8) is 0 Å². The van der Waals surface area contributed by atoms with Crippen molar-refractivity contribution in [1.29, 1.82) is 0 Å². The minimum Gasteiger partial charge on any atom is -0.381 e. The highest BCUT2D eigenvalue weighted by Crippen LogP contribution is 2.45.